The Morgan fingerprint density at radius 2 is 1.94 bits per heavy atom. The van der Waals surface area contributed by atoms with Gasteiger partial charge >= 0.3 is 0 Å². The number of pyridine rings is 1. The zero-order chi connectivity index (χ0) is 11.8. The van der Waals surface area contributed by atoms with Crippen molar-refractivity contribution in [3.8, 4) is 0 Å². The van der Waals surface area contributed by atoms with Gasteiger partial charge in [0.2, 0.25) is 0 Å². The Hall–Kier alpha value is -1.70. The van der Waals surface area contributed by atoms with Gasteiger partial charge < -0.3 is 4.79 Å². The number of hydrogen-bond donors (Lipinski definition) is 0. The first-order valence-corrected chi connectivity index (χ1v) is 5.37. The summed E-state index contributed by atoms with van der Waals surface area (Å²) in [6.07, 6.45) is 0.982. The van der Waals surface area contributed by atoms with Crippen LogP contribution in [0.25, 0.3) is 10.9 Å². The standard InChI is InChI=1S/C14H15NO/c1-10-4-5-11-8-12(14(2,3)9-16)6-7-13(11)15-10/h4-9H,1-3H3. The summed E-state index contributed by atoms with van der Waals surface area (Å²) < 4.78 is 0. The maximum Gasteiger partial charge on any atom is 0.129 e. The van der Waals surface area contributed by atoms with E-state index in [9.17, 15) is 4.79 Å². The first-order chi connectivity index (χ1) is 7.53. The van der Waals surface area contributed by atoms with Gasteiger partial charge in [-0.1, -0.05) is 12.1 Å². The highest BCUT2D eigenvalue weighted by atomic mass is 16.1. The molecule has 1 aromatic heterocycles. The molecule has 2 rings (SSSR count). The highest BCUT2D eigenvalue weighted by Gasteiger charge is 2.19. The molecule has 0 N–H and O–H groups in total. The van der Waals surface area contributed by atoms with Crippen molar-refractivity contribution in [3.63, 3.8) is 0 Å². The molecule has 2 heteroatoms. The Morgan fingerprint density at radius 3 is 2.62 bits per heavy atom. The lowest BCUT2D eigenvalue weighted by atomic mass is 9.86. The molecule has 0 atom stereocenters. The number of hydrogen-bond acceptors (Lipinski definition) is 2. The van der Waals surface area contributed by atoms with Gasteiger partial charge in [0.15, 0.2) is 0 Å². The van der Waals surface area contributed by atoms with Crippen molar-refractivity contribution in [1.29, 1.82) is 0 Å². The van der Waals surface area contributed by atoms with Crippen molar-refractivity contribution in [1.82, 2.24) is 4.98 Å². The fourth-order valence-corrected chi connectivity index (χ4v) is 1.70. The smallest absolute Gasteiger partial charge is 0.129 e. The van der Waals surface area contributed by atoms with Crippen molar-refractivity contribution >= 4 is 17.2 Å². The van der Waals surface area contributed by atoms with E-state index in [0.717, 1.165) is 28.4 Å². The molecule has 82 valence electrons. The summed E-state index contributed by atoms with van der Waals surface area (Å²) in [4.78, 5) is 15.4. The Bertz CT molecular complexity index is 543. The molecule has 0 saturated carbocycles. The van der Waals surface area contributed by atoms with E-state index in [0.29, 0.717) is 0 Å². The number of nitrogens with zero attached hydrogens (tertiary/aromatic N) is 1. The fraction of sp³-hybridized carbons (Fsp3) is 0.286. The van der Waals surface area contributed by atoms with E-state index in [4.69, 9.17) is 0 Å². The highest BCUT2D eigenvalue weighted by molar-refractivity contribution is 5.81. The molecule has 2 aromatic rings. The van der Waals surface area contributed by atoms with Crippen LogP contribution in [0, 0.1) is 6.92 Å². The van der Waals surface area contributed by atoms with Crippen LogP contribution in [0.1, 0.15) is 25.1 Å². The summed E-state index contributed by atoms with van der Waals surface area (Å²) >= 11 is 0. The lowest BCUT2D eigenvalue weighted by Gasteiger charge is -2.17. The number of aldehydes is 1. The molecule has 0 radical (unpaired) electrons. The van der Waals surface area contributed by atoms with Crippen LogP contribution in [0.4, 0.5) is 0 Å². The molecule has 0 bridgehead atoms. The average molecular weight is 213 g/mol. The van der Waals surface area contributed by atoms with Crippen molar-refractivity contribution in [3.05, 3.63) is 41.6 Å². The van der Waals surface area contributed by atoms with Crippen LogP contribution < -0.4 is 0 Å². The quantitative estimate of drug-likeness (QED) is 0.718. The number of carbonyl (C=O) groups excluding carboxylic acids is 1. The Balaban J connectivity index is 2.61. The van der Waals surface area contributed by atoms with Crippen LogP contribution in [0.15, 0.2) is 30.3 Å². The number of aryl methyl sites for hydroxylation is 1. The van der Waals surface area contributed by atoms with E-state index in [1.165, 1.54) is 0 Å². The lowest BCUT2D eigenvalue weighted by molar-refractivity contribution is -0.111. The largest absolute Gasteiger partial charge is 0.302 e. The molecule has 0 saturated heterocycles. The Labute approximate surface area is 95.3 Å². The summed E-state index contributed by atoms with van der Waals surface area (Å²) in [5.41, 5.74) is 2.58. The first-order valence-electron chi connectivity index (χ1n) is 5.37. The molecule has 0 aliphatic carbocycles. The lowest BCUT2D eigenvalue weighted by Crippen LogP contribution is -2.18. The van der Waals surface area contributed by atoms with Gasteiger partial charge in [-0.05, 0) is 44.5 Å². The van der Waals surface area contributed by atoms with E-state index in [-0.39, 0.29) is 0 Å². The van der Waals surface area contributed by atoms with Crippen LogP contribution in [0.5, 0.6) is 0 Å². The van der Waals surface area contributed by atoms with Crippen LogP contribution in [-0.2, 0) is 10.2 Å². The van der Waals surface area contributed by atoms with Gasteiger partial charge in [0.25, 0.3) is 0 Å². The van der Waals surface area contributed by atoms with Crippen molar-refractivity contribution in [2.24, 2.45) is 0 Å². The van der Waals surface area contributed by atoms with Gasteiger partial charge in [-0.2, -0.15) is 0 Å². The average Bonchev–Trinajstić information content (AvgIpc) is 2.28. The van der Waals surface area contributed by atoms with Crippen LogP contribution in [0.2, 0.25) is 0 Å². The molecule has 1 heterocycles. The van der Waals surface area contributed by atoms with Crippen molar-refractivity contribution in [2.45, 2.75) is 26.2 Å². The molecule has 16 heavy (non-hydrogen) atoms. The zero-order valence-corrected chi connectivity index (χ0v) is 9.82. The molecule has 1 aromatic carbocycles. The predicted octanol–water partition coefficient (Wildman–Crippen LogP) is 3.02. The summed E-state index contributed by atoms with van der Waals surface area (Å²) in [5.74, 6) is 0. The molecule has 2 nitrogen and oxygen atoms in total. The van der Waals surface area contributed by atoms with Crippen LogP contribution in [-0.4, -0.2) is 11.3 Å². The van der Waals surface area contributed by atoms with Gasteiger partial charge in [0, 0.05) is 16.5 Å². The van der Waals surface area contributed by atoms with Gasteiger partial charge in [-0.3, -0.25) is 4.98 Å². The third-order valence-corrected chi connectivity index (χ3v) is 2.87. The molecule has 0 spiro atoms. The van der Waals surface area contributed by atoms with Gasteiger partial charge in [0.05, 0.1) is 5.52 Å². The van der Waals surface area contributed by atoms with Gasteiger partial charge in [-0.25, -0.2) is 0 Å². The normalized spacial score (nSPS) is 11.7. The molecule has 0 amide bonds. The van der Waals surface area contributed by atoms with Gasteiger partial charge in [-0.15, -0.1) is 0 Å². The number of carbonyl (C=O) groups is 1. The number of benzene rings is 1. The predicted molar refractivity (Wildman–Crippen MR) is 65.6 cm³/mol. The molecule has 0 aliphatic heterocycles. The topological polar surface area (TPSA) is 30.0 Å². The second-order valence-corrected chi connectivity index (χ2v) is 4.70. The maximum absolute atomic E-state index is 11.0. The van der Waals surface area contributed by atoms with E-state index in [1.54, 1.807) is 0 Å². The monoisotopic (exact) mass is 213 g/mol. The van der Waals surface area contributed by atoms with E-state index in [1.807, 2.05) is 51.1 Å². The molecular formula is C14H15NO. The van der Waals surface area contributed by atoms with Crippen LogP contribution in [0.3, 0.4) is 0 Å². The number of fused-ring (bicyclic) bond motifs is 1. The molecule has 0 fully saturated rings. The SMILES string of the molecule is Cc1ccc2cc(C(C)(C)C=O)ccc2n1. The second-order valence-electron chi connectivity index (χ2n) is 4.70. The third kappa shape index (κ3) is 1.83. The fourth-order valence-electron chi connectivity index (χ4n) is 1.70. The summed E-state index contributed by atoms with van der Waals surface area (Å²) in [5, 5.41) is 1.08. The van der Waals surface area contributed by atoms with E-state index >= 15 is 0 Å². The summed E-state index contributed by atoms with van der Waals surface area (Å²) in [6.45, 7) is 5.81. The van der Waals surface area contributed by atoms with Crippen LogP contribution >= 0.6 is 0 Å². The minimum Gasteiger partial charge on any atom is -0.302 e. The minimum atomic E-state index is -0.431. The first kappa shape index (κ1) is 10.8. The maximum atomic E-state index is 11.0. The Morgan fingerprint density at radius 1 is 1.19 bits per heavy atom. The third-order valence-electron chi connectivity index (χ3n) is 2.87. The van der Waals surface area contributed by atoms with Crippen molar-refractivity contribution < 1.29 is 4.79 Å². The van der Waals surface area contributed by atoms with E-state index < -0.39 is 5.41 Å². The highest BCUT2D eigenvalue weighted by Crippen LogP contribution is 2.24. The summed E-state index contributed by atoms with van der Waals surface area (Å²) in [6, 6.07) is 10.0. The van der Waals surface area contributed by atoms with Crippen molar-refractivity contribution in [2.75, 3.05) is 0 Å². The number of aromatic nitrogens is 1. The molecular weight excluding hydrogens is 198 g/mol. The minimum absolute atomic E-state index is 0.431. The molecule has 0 unspecified atom stereocenters. The molecule has 0 aliphatic rings. The number of rotatable bonds is 2. The Kier molecular flexibility index (Phi) is 2.50. The second kappa shape index (κ2) is 3.71. The zero-order valence-electron chi connectivity index (χ0n) is 9.82. The van der Waals surface area contributed by atoms with E-state index in [2.05, 4.69) is 4.98 Å². The summed E-state index contributed by atoms with van der Waals surface area (Å²) in [7, 11) is 0. The van der Waals surface area contributed by atoms with Gasteiger partial charge in [0.1, 0.15) is 6.29 Å².